The lowest BCUT2D eigenvalue weighted by Gasteiger charge is -2.39. The number of carbonyl (C=O) groups excluding carboxylic acids is 1. The van der Waals surface area contributed by atoms with Gasteiger partial charge in [0.15, 0.2) is 0 Å². The van der Waals surface area contributed by atoms with E-state index in [0.717, 1.165) is 22.5 Å². The summed E-state index contributed by atoms with van der Waals surface area (Å²) >= 11 is 0. The van der Waals surface area contributed by atoms with Crippen molar-refractivity contribution in [1.82, 2.24) is 14.5 Å². The van der Waals surface area contributed by atoms with Gasteiger partial charge in [0.2, 0.25) is 0 Å². The summed E-state index contributed by atoms with van der Waals surface area (Å²) in [6.07, 6.45) is -1.42. The largest absolute Gasteiger partial charge is 0.495 e. The van der Waals surface area contributed by atoms with Gasteiger partial charge in [0.05, 0.1) is 31.4 Å². The first-order valence-electron chi connectivity index (χ1n) is 12.0. The SMILES string of the molecule is COc1cc(C(=O)N2CC(COc3cccc4ccccc34)C2)ccc1-n1cnc(C)c1.O=C(O)C(F)(F)F. The number of hydrogen-bond acceptors (Lipinski definition) is 5. The normalized spacial score (nSPS) is 13.3. The fourth-order valence-corrected chi connectivity index (χ4v) is 4.13. The second-order valence-electron chi connectivity index (χ2n) is 8.98. The molecule has 1 saturated heterocycles. The van der Waals surface area contributed by atoms with Crippen LogP contribution in [0.5, 0.6) is 11.5 Å². The Kier molecular flexibility index (Phi) is 8.08. The van der Waals surface area contributed by atoms with E-state index in [1.807, 2.05) is 59.0 Å². The third kappa shape index (κ3) is 6.49. The van der Waals surface area contributed by atoms with Crippen molar-refractivity contribution in [3.63, 3.8) is 0 Å². The van der Waals surface area contributed by atoms with Gasteiger partial charge in [-0.15, -0.1) is 0 Å². The second-order valence-corrected chi connectivity index (χ2v) is 8.98. The van der Waals surface area contributed by atoms with Crippen molar-refractivity contribution in [2.24, 2.45) is 5.92 Å². The van der Waals surface area contributed by atoms with Crippen LogP contribution in [0.4, 0.5) is 13.2 Å². The molecule has 0 spiro atoms. The summed E-state index contributed by atoms with van der Waals surface area (Å²) in [7, 11) is 1.61. The number of ether oxygens (including phenoxy) is 2. The maximum atomic E-state index is 13.0. The Morgan fingerprint density at radius 2 is 1.74 bits per heavy atom. The number of aryl methyl sites for hydroxylation is 1. The Bertz CT molecular complexity index is 1470. The van der Waals surface area contributed by atoms with Crippen LogP contribution in [0.1, 0.15) is 16.1 Å². The molecule has 0 unspecified atom stereocenters. The molecular weight excluding hydrogens is 515 g/mol. The Labute approximate surface area is 222 Å². The smallest absolute Gasteiger partial charge is 0.490 e. The summed E-state index contributed by atoms with van der Waals surface area (Å²) in [5.74, 6) is -0.883. The zero-order valence-corrected chi connectivity index (χ0v) is 21.2. The van der Waals surface area contributed by atoms with Crippen molar-refractivity contribution in [3.05, 3.63) is 84.4 Å². The molecular formula is C28H26F3N3O5. The van der Waals surface area contributed by atoms with Crippen LogP contribution in [-0.2, 0) is 4.79 Å². The summed E-state index contributed by atoms with van der Waals surface area (Å²) in [4.78, 5) is 28.0. The number of benzene rings is 3. The monoisotopic (exact) mass is 541 g/mol. The lowest BCUT2D eigenvalue weighted by molar-refractivity contribution is -0.192. The van der Waals surface area contributed by atoms with Crippen LogP contribution in [0.15, 0.2) is 73.2 Å². The molecule has 4 aromatic rings. The molecule has 0 saturated carbocycles. The average molecular weight is 542 g/mol. The second kappa shape index (κ2) is 11.5. The predicted octanol–water partition coefficient (Wildman–Crippen LogP) is 5.13. The Hall–Kier alpha value is -4.54. The highest BCUT2D eigenvalue weighted by molar-refractivity contribution is 5.95. The maximum absolute atomic E-state index is 13.0. The number of hydrogen-bond donors (Lipinski definition) is 1. The highest BCUT2D eigenvalue weighted by Gasteiger charge is 2.38. The lowest BCUT2D eigenvalue weighted by Crippen LogP contribution is -2.52. The van der Waals surface area contributed by atoms with Crippen LogP contribution >= 0.6 is 0 Å². The molecule has 1 amide bonds. The summed E-state index contributed by atoms with van der Waals surface area (Å²) in [6, 6.07) is 19.8. The van der Waals surface area contributed by atoms with Gasteiger partial charge in [0.25, 0.3) is 5.91 Å². The minimum atomic E-state index is -5.08. The van der Waals surface area contributed by atoms with Crippen molar-refractivity contribution in [1.29, 1.82) is 0 Å². The number of aliphatic carboxylic acids is 1. The van der Waals surface area contributed by atoms with Crippen LogP contribution in [-0.4, -0.2) is 64.4 Å². The fourth-order valence-electron chi connectivity index (χ4n) is 4.13. The van der Waals surface area contributed by atoms with Gasteiger partial charge in [0.1, 0.15) is 11.5 Å². The number of aromatic nitrogens is 2. The molecule has 0 radical (unpaired) electrons. The quantitative estimate of drug-likeness (QED) is 0.364. The first-order valence-corrected chi connectivity index (χ1v) is 12.0. The average Bonchev–Trinajstić information content (AvgIpc) is 3.33. The zero-order valence-electron chi connectivity index (χ0n) is 21.2. The number of amides is 1. The molecule has 2 heterocycles. The van der Waals surface area contributed by atoms with Gasteiger partial charge in [-0.1, -0.05) is 36.4 Å². The number of imidazole rings is 1. The van der Waals surface area contributed by atoms with Gasteiger partial charge in [-0.05, 0) is 36.6 Å². The predicted molar refractivity (Wildman–Crippen MR) is 137 cm³/mol. The maximum Gasteiger partial charge on any atom is 0.490 e. The van der Waals surface area contributed by atoms with Crippen LogP contribution in [0.25, 0.3) is 16.5 Å². The molecule has 39 heavy (non-hydrogen) atoms. The highest BCUT2D eigenvalue weighted by atomic mass is 19.4. The lowest BCUT2D eigenvalue weighted by atomic mass is 9.99. The van der Waals surface area contributed by atoms with Gasteiger partial charge < -0.3 is 24.0 Å². The Balaban J connectivity index is 0.000000448. The summed E-state index contributed by atoms with van der Waals surface area (Å²) in [6.45, 7) is 3.91. The highest BCUT2D eigenvalue weighted by Crippen LogP contribution is 2.29. The number of halogens is 3. The van der Waals surface area contributed by atoms with Crippen molar-refractivity contribution < 1.29 is 37.3 Å². The van der Waals surface area contributed by atoms with E-state index >= 15 is 0 Å². The molecule has 3 aromatic carbocycles. The first kappa shape index (κ1) is 27.5. The van der Waals surface area contributed by atoms with Crippen LogP contribution in [0.2, 0.25) is 0 Å². The number of carboxylic acids is 1. The van der Waals surface area contributed by atoms with Crippen LogP contribution in [0, 0.1) is 12.8 Å². The Morgan fingerprint density at radius 3 is 2.38 bits per heavy atom. The van der Waals surface area contributed by atoms with E-state index in [0.29, 0.717) is 36.9 Å². The van der Waals surface area contributed by atoms with Gasteiger partial charge in [-0.3, -0.25) is 4.79 Å². The van der Waals surface area contributed by atoms with Gasteiger partial charge in [-0.25, -0.2) is 9.78 Å². The molecule has 1 N–H and O–H groups in total. The van der Waals surface area contributed by atoms with E-state index in [2.05, 4.69) is 23.2 Å². The van der Waals surface area contributed by atoms with Crippen molar-refractivity contribution in [3.8, 4) is 17.2 Å². The Morgan fingerprint density at radius 1 is 1.05 bits per heavy atom. The molecule has 1 aliphatic rings. The minimum absolute atomic E-state index is 0.0121. The molecule has 1 aliphatic heterocycles. The molecule has 11 heteroatoms. The summed E-state index contributed by atoms with van der Waals surface area (Å²) in [5, 5.41) is 9.40. The fraction of sp³-hybridized carbons (Fsp3) is 0.250. The summed E-state index contributed by atoms with van der Waals surface area (Å²) < 4.78 is 45.3. The molecule has 1 fully saturated rings. The van der Waals surface area contributed by atoms with Crippen molar-refractivity contribution in [2.45, 2.75) is 13.1 Å². The first-order chi connectivity index (χ1) is 18.6. The third-order valence-electron chi connectivity index (χ3n) is 6.13. The molecule has 0 aliphatic carbocycles. The molecule has 8 nitrogen and oxygen atoms in total. The number of alkyl halides is 3. The van der Waals surface area contributed by atoms with E-state index in [4.69, 9.17) is 19.4 Å². The molecule has 204 valence electrons. The number of carboxylic acid groups (broad SMARTS) is 1. The number of methoxy groups -OCH3 is 1. The molecule has 0 bridgehead atoms. The van der Waals surface area contributed by atoms with Crippen molar-refractivity contribution >= 4 is 22.6 Å². The summed E-state index contributed by atoms with van der Waals surface area (Å²) in [5.41, 5.74) is 2.40. The van der Waals surface area contributed by atoms with E-state index in [9.17, 15) is 18.0 Å². The van der Waals surface area contributed by atoms with Gasteiger partial charge >= 0.3 is 12.1 Å². The zero-order chi connectivity index (χ0) is 28.2. The number of likely N-dealkylation sites (tertiary alicyclic amines) is 1. The molecule has 5 rings (SSSR count). The van der Waals surface area contributed by atoms with Gasteiger partial charge in [-0.2, -0.15) is 13.2 Å². The van der Waals surface area contributed by atoms with E-state index in [-0.39, 0.29) is 5.91 Å². The van der Waals surface area contributed by atoms with E-state index in [1.54, 1.807) is 19.5 Å². The number of carbonyl (C=O) groups is 2. The van der Waals surface area contributed by atoms with Crippen molar-refractivity contribution in [2.75, 3.05) is 26.8 Å². The van der Waals surface area contributed by atoms with Crippen LogP contribution in [0.3, 0.4) is 0 Å². The number of rotatable bonds is 6. The van der Waals surface area contributed by atoms with Gasteiger partial charge in [0, 0.05) is 36.2 Å². The van der Waals surface area contributed by atoms with E-state index < -0.39 is 12.1 Å². The standard InChI is InChI=1S/C26H25N3O3.C2HF3O2/c1-18-13-29(17-27-18)23-11-10-21(12-25(23)31-2)26(30)28-14-19(15-28)16-32-24-9-5-7-20-6-3-4-8-22(20)24;3-2(4,5)1(6)7/h3-13,17,19H,14-16H2,1-2H3;(H,6,7). The van der Waals surface area contributed by atoms with Crippen LogP contribution < -0.4 is 9.47 Å². The topological polar surface area (TPSA) is 93.9 Å². The number of fused-ring (bicyclic) bond motifs is 1. The van der Waals surface area contributed by atoms with E-state index in [1.165, 1.54) is 5.39 Å². The molecule has 1 aromatic heterocycles. The minimum Gasteiger partial charge on any atom is -0.495 e. The third-order valence-corrected chi connectivity index (χ3v) is 6.13. The number of nitrogens with zero attached hydrogens (tertiary/aromatic N) is 3. The molecule has 0 atom stereocenters.